The molecule has 0 aromatic carbocycles. The number of rotatable bonds is 5. The van der Waals surface area contributed by atoms with E-state index in [2.05, 4.69) is 5.10 Å². The van der Waals surface area contributed by atoms with Crippen LogP contribution in [0.3, 0.4) is 0 Å². The van der Waals surface area contributed by atoms with Gasteiger partial charge in [-0.3, -0.25) is 14.8 Å². The predicted molar refractivity (Wildman–Crippen MR) is 64.6 cm³/mol. The van der Waals surface area contributed by atoms with Gasteiger partial charge in [-0.25, -0.2) is 22.0 Å². The van der Waals surface area contributed by atoms with Crippen molar-refractivity contribution in [2.24, 2.45) is 12.2 Å². The van der Waals surface area contributed by atoms with Crippen molar-refractivity contribution < 1.29 is 21.8 Å². The summed E-state index contributed by atoms with van der Waals surface area (Å²) in [5.74, 6) is -1.66. The zero-order chi connectivity index (χ0) is 15.0. The van der Waals surface area contributed by atoms with Crippen LogP contribution < -0.4 is 5.14 Å². The Morgan fingerprint density at radius 3 is 2.26 bits per heavy atom. The lowest BCUT2D eigenvalue weighted by Crippen LogP contribution is -2.24. The van der Waals surface area contributed by atoms with E-state index in [-0.39, 0.29) is 5.69 Å². The minimum absolute atomic E-state index is 0.0679. The van der Waals surface area contributed by atoms with Crippen LogP contribution in [0.15, 0.2) is 5.03 Å². The maximum Gasteiger partial charge on any atom is 0.328 e. The van der Waals surface area contributed by atoms with E-state index in [1.807, 2.05) is 0 Å². The maximum absolute atomic E-state index is 12.0. The average molecular weight is 312 g/mol. The summed E-state index contributed by atoms with van der Waals surface area (Å²) in [5.41, 5.74) is -0.724. The molecule has 1 rings (SSSR count). The number of aryl methyl sites for hydroxylation is 2. The van der Waals surface area contributed by atoms with Crippen molar-refractivity contribution in [3.63, 3.8) is 0 Å². The van der Waals surface area contributed by atoms with E-state index in [1.165, 1.54) is 14.0 Å². The monoisotopic (exact) mass is 312 g/mol. The average Bonchev–Trinajstić information content (AvgIpc) is 2.50. The van der Waals surface area contributed by atoms with E-state index in [0.29, 0.717) is 0 Å². The molecule has 1 heterocycles. The normalized spacial score (nSPS) is 12.6. The second-order valence-corrected chi connectivity index (χ2v) is 7.56. The summed E-state index contributed by atoms with van der Waals surface area (Å²) >= 11 is 0. The van der Waals surface area contributed by atoms with Gasteiger partial charge < -0.3 is 0 Å². The van der Waals surface area contributed by atoms with Gasteiger partial charge in [0.2, 0.25) is 24.9 Å². The largest absolute Gasteiger partial charge is 0.328 e. The molecular weight excluding hydrogens is 300 g/mol. The van der Waals surface area contributed by atoms with E-state index in [0.717, 1.165) is 4.68 Å². The molecule has 0 bridgehead atoms. The Morgan fingerprint density at radius 2 is 1.84 bits per heavy atom. The smallest absolute Gasteiger partial charge is 0.258 e. The van der Waals surface area contributed by atoms with E-state index >= 15 is 0 Å². The van der Waals surface area contributed by atoms with Crippen LogP contribution in [-0.2, 0) is 26.9 Å². The summed E-state index contributed by atoms with van der Waals surface area (Å²) in [7, 11) is -6.94. The van der Waals surface area contributed by atoms with Crippen molar-refractivity contribution in [3.8, 4) is 0 Å². The molecular formula is C7H12N4O6S2. The van der Waals surface area contributed by atoms with Gasteiger partial charge in [-0.1, -0.05) is 0 Å². The quantitative estimate of drug-likeness (QED) is 0.523. The molecule has 0 atom stereocenters. The highest BCUT2D eigenvalue weighted by atomic mass is 32.2. The first-order valence-corrected chi connectivity index (χ1v) is 8.23. The number of nitro groups is 1. The van der Waals surface area contributed by atoms with Crippen LogP contribution in [-0.4, -0.2) is 43.0 Å². The summed E-state index contributed by atoms with van der Waals surface area (Å²) in [6.07, 6.45) is 0. The van der Waals surface area contributed by atoms with Gasteiger partial charge in [0.05, 0.1) is 16.4 Å². The molecule has 0 aliphatic rings. The molecule has 0 aliphatic heterocycles. The second-order valence-electron chi connectivity index (χ2n) is 3.81. The molecule has 0 fully saturated rings. The zero-order valence-electron chi connectivity index (χ0n) is 10.1. The lowest BCUT2D eigenvalue weighted by atomic mass is 10.4. The summed E-state index contributed by atoms with van der Waals surface area (Å²) < 4.78 is 46.3. The van der Waals surface area contributed by atoms with Crippen LogP contribution >= 0.6 is 0 Å². The van der Waals surface area contributed by atoms with Crippen LogP contribution in [0.1, 0.15) is 5.69 Å². The Balaban J connectivity index is 3.33. The molecule has 0 radical (unpaired) electrons. The van der Waals surface area contributed by atoms with Crippen molar-refractivity contribution in [1.29, 1.82) is 0 Å². The number of nitrogens with zero attached hydrogens (tertiary/aromatic N) is 3. The first-order chi connectivity index (χ1) is 8.46. The van der Waals surface area contributed by atoms with Gasteiger partial charge in [-0.05, 0) is 6.92 Å². The van der Waals surface area contributed by atoms with E-state index < -0.39 is 47.0 Å². The lowest BCUT2D eigenvalue weighted by Gasteiger charge is -2.03. The molecule has 10 nitrogen and oxygen atoms in total. The molecule has 0 spiro atoms. The molecule has 0 unspecified atom stereocenters. The third-order valence-corrected chi connectivity index (χ3v) is 5.07. The Hall–Kier alpha value is -1.53. The van der Waals surface area contributed by atoms with Crippen LogP contribution in [0.5, 0.6) is 0 Å². The number of sulfone groups is 1. The Labute approximate surface area is 109 Å². The highest BCUT2D eigenvalue weighted by Crippen LogP contribution is 2.27. The van der Waals surface area contributed by atoms with Crippen molar-refractivity contribution in [2.75, 3.05) is 11.5 Å². The number of hydrogen-bond donors (Lipinski definition) is 1. The fourth-order valence-corrected chi connectivity index (χ4v) is 4.47. The molecule has 0 saturated carbocycles. The lowest BCUT2D eigenvalue weighted by molar-refractivity contribution is -0.388. The first-order valence-electron chi connectivity index (χ1n) is 4.87. The number of nitrogens with two attached hydrogens (primary N) is 1. The molecule has 108 valence electrons. The fourth-order valence-electron chi connectivity index (χ4n) is 1.51. The topological polar surface area (TPSA) is 155 Å². The number of primary sulfonamides is 1. The van der Waals surface area contributed by atoms with Gasteiger partial charge in [0.15, 0.2) is 0 Å². The van der Waals surface area contributed by atoms with Gasteiger partial charge in [0.25, 0.3) is 0 Å². The van der Waals surface area contributed by atoms with Crippen LogP contribution in [0.25, 0.3) is 0 Å². The van der Waals surface area contributed by atoms with Crippen LogP contribution in [0.4, 0.5) is 5.69 Å². The number of sulfonamides is 1. The minimum Gasteiger partial charge on any atom is -0.258 e. The predicted octanol–water partition coefficient (Wildman–Crippen LogP) is -1.30. The molecule has 2 N–H and O–H groups in total. The van der Waals surface area contributed by atoms with Gasteiger partial charge in [-0.15, -0.1) is 0 Å². The highest BCUT2D eigenvalue weighted by Gasteiger charge is 2.34. The second kappa shape index (κ2) is 4.86. The number of hydrogen-bond acceptors (Lipinski definition) is 7. The molecule has 0 saturated heterocycles. The first kappa shape index (κ1) is 15.5. The SMILES string of the molecule is Cc1nn(C)c(S(=O)(=O)CCS(N)(=O)=O)c1[N+](=O)[O-]. The van der Waals surface area contributed by atoms with Crippen LogP contribution in [0.2, 0.25) is 0 Å². The summed E-state index contributed by atoms with van der Waals surface area (Å²) in [4.78, 5) is 9.98. The standard InChI is InChI=1S/C7H12N4O6S2/c1-5-6(11(12)13)7(10(2)9-5)18(14,15)3-4-19(8,16)17/h3-4H2,1-2H3,(H2,8,16,17). The third-order valence-electron chi connectivity index (χ3n) is 2.25. The van der Waals surface area contributed by atoms with Gasteiger partial charge >= 0.3 is 5.69 Å². The maximum atomic E-state index is 12.0. The molecule has 0 amide bonds. The molecule has 1 aromatic heterocycles. The summed E-state index contributed by atoms with van der Waals surface area (Å²) in [6, 6.07) is 0. The molecule has 1 aromatic rings. The van der Waals surface area contributed by atoms with E-state index in [4.69, 9.17) is 5.14 Å². The highest BCUT2D eigenvalue weighted by molar-refractivity contribution is 7.94. The van der Waals surface area contributed by atoms with Crippen LogP contribution in [0, 0.1) is 17.0 Å². The van der Waals surface area contributed by atoms with E-state index in [9.17, 15) is 26.9 Å². The van der Waals surface area contributed by atoms with Crippen molar-refractivity contribution in [1.82, 2.24) is 9.78 Å². The fraction of sp³-hybridized carbons (Fsp3) is 0.571. The van der Waals surface area contributed by atoms with Crippen molar-refractivity contribution in [2.45, 2.75) is 11.9 Å². The zero-order valence-corrected chi connectivity index (χ0v) is 11.7. The number of aromatic nitrogens is 2. The molecule has 12 heteroatoms. The summed E-state index contributed by atoms with van der Waals surface area (Å²) in [5, 5.41) is 18.6. The molecule has 19 heavy (non-hydrogen) atoms. The Kier molecular flexibility index (Phi) is 3.97. The van der Waals surface area contributed by atoms with Crippen molar-refractivity contribution >= 4 is 25.5 Å². The van der Waals surface area contributed by atoms with E-state index in [1.54, 1.807) is 0 Å². The Bertz CT molecular complexity index is 717. The van der Waals surface area contributed by atoms with Gasteiger partial charge in [0.1, 0.15) is 5.69 Å². The molecule has 0 aliphatic carbocycles. The van der Waals surface area contributed by atoms with Gasteiger partial charge in [-0.2, -0.15) is 5.10 Å². The van der Waals surface area contributed by atoms with Gasteiger partial charge in [0, 0.05) is 7.05 Å². The Morgan fingerprint density at radius 1 is 1.32 bits per heavy atom. The minimum atomic E-state index is -4.18. The summed E-state index contributed by atoms with van der Waals surface area (Å²) in [6.45, 7) is 1.29. The third kappa shape index (κ3) is 3.48. The van der Waals surface area contributed by atoms with Crippen molar-refractivity contribution in [3.05, 3.63) is 15.8 Å².